The number of aryl methyl sites for hydroxylation is 1. The Morgan fingerprint density at radius 1 is 1.27 bits per heavy atom. The van der Waals surface area contributed by atoms with Crippen LogP contribution in [0, 0.1) is 12.7 Å². The Morgan fingerprint density at radius 2 is 1.96 bits per heavy atom. The molecule has 0 aliphatic carbocycles. The van der Waals surface area contributed by atoms with Gasteiger partial charge in [0.15, 0.2) is 0 Å². The Hall–Kier alpha value is -2.44. The number of nitrogens with zero attached hydrogens (tertiary/aromatic N) is 1. The molecule has 1 atom stereocenters. The van der Waals surface area contributed by atoms with Gasteiger partial charge in [0, 0.05) is 25.3 Å². The predicted octanol–water partition coefficient (Wildman–Crippen LogP) is 3.00. The summed E-state index contributed by atoms with van der Waals surface area (Å²) in [5.41, 5.74) is 7.97. The molecule has 0 fully saturated rings. The Kier molecular flexibility index (Phi) is 6.34. The lowest BCUT2D eigenvalue weighted by Gasteiger charge is -2.16. The number of hydrogen-bond donors (Lipinski definition) is 2. The second kappa shape index (κ2) is 8.29. The van der Waals surface area contributed by atoms with Gasteiger partial charge in [-0.15, -0.1) is 0 Å². The van der Waals surface area contributed by atoms with Crippen LogP contribution in [-0.4, -0.2) is 36.9 Å². The van der Waals surface area contributed by atoms with Gasteiger partial charge in [0.25, 0.3) is 5.91 Å². The van der Waals surface area contributed by atoms with Gasteiger partial charge in [-0.2, -0.15) is 0 Å². The molecule has 0 radical (unpaired) electrons. The van der Waals surface area contributed by atoms with E-state index in [1.807, 2.05) is 0 Å². The van der Waals surface area contributed by atoms with Crippen molar-refractivity contribution in [2.24, 2.45) is 5.73 Å². The lowest BCUT2D eigenvalue weighted by atomic mass is 10.0. The van der Waals surface area contributed by atoms with E-state index in [0.717, 1.165) is 5.56 Å². The van der Waals surface area contributed by atoms with Crippen LogP contribution in [-0.2, 0) is 11.2 Å². The molecule has 0 spiro atoms. The zero-order valence-corrected chi connectivity index (χ0v) is 15.6. The lowest BCUT2D eigenvalue weighted by Crippen LogP contribution is -2.37. The molecule has 0 saturated heterocycles. The standard InChI is InChI=1S/C19H21ClFN3O2/c1-11-9-13(7-8-14(11)19(26)24(2)3)23-18(25)16(22)10-12-5-4-6-15(20)17(12)21/h4-9,16H,10,22H2,1-3H3,(H,23,25). The number of nitrogens with two attached hydrogens (primary N) is 1. The van der Waals surface area contributed by atoms with Crippen LogP contribution in [0.25, 0.3) is 0 Å². The summed E-state index contributed by atoms with van der Waals surface area (Å²) in [5, 5.41) is 2.68. The molecule has 0 aromatic heterocycles. The van der Waals surface area contributed by atoms with E-state index in [1.54, 1.807) is 51.4 Å². The molecule has 2 aromatic carbocycles. The number of nitrogens with one attached hydrogen (secondary N) is 1. The third-order valence-corrected chi connectivity index (χ3v) is 4.23. The Morgan fingerprint density at radius 3 is 2.58 bits per heavy atom. The molecule has 0 aliphatic rings. The summed E-state index contributed by atoms with van der Waals surface area (Å²) < 4.78 is 13.9. The van der Waals surface area contributed by atoms with Crippen molar-refractivity contribution >= 4 is 29.1 Å². The summed E-state index contributed by atoms with van der Waals surface area (Å²) in [5.74, 6) is -1.14. The largest absolute Gasteiger partial charge is 0.345 e. The van der Waals surface area contributed by atoms with Crippen molar-refractivity contribution in [2.75, 3.05) is 19.4 Å². The fraction of sp³-hybridized carbons (Fsp3) is 0.263. The number of rotatable bonds is 5. The smallest absolute Gasteiger partial charge is 0.253 e. The first-order chi connectivity index (χ1) is 12.2. The molecule has 2 amide bonds. The summed E-state index contributed by atoms with van der Waals surface area (Å²) in [6, 6.07) is 8.62. The molecule has 5 nitrogen and oxygen atoms in total. The molecule has 3 N–H and O–H groups in total. The highest BCUT2D eigenvalue weighted by Gasteiger charge is 2.18. The van der Waals surface area contributed by atoms with Crippen molar-refractivity contribution in [1.82, 2.24) is 4.90 Å². The monoisotopic (exact) mass is 377 g/mol. The highest BCUT2D eigenvalue weighted by molar-refractivity contribution is 6.30. The number of anilines is 1. The van der Waals surface area contributed by atoms with E-state index in [2.05, 4.69) is 5.32 Å². The maximum atomic E-state index is 13.9. The molecule has 2 rings (SSSR count). The Balaban J connectivity index is 2.08. The van der Waals surface area contributed by atoms with Crippen LogP contribution in [0.2, 0.25) is 5.02 Å². The third kappa shape index (κ3) is 4.59. The van der Waals surface area contributed by atoms with Crippen LogP contribution in [0.5, 0.6) is 0 Å². The number of carbonyl (C=O) groups excluding carboxylic acids is 2. The zero-order valence-electron chi connectivity index (χ0n) is 14.8. The number of amides is 2. The molecule has 138 valence electrons. The summed E-state index contributed by atoms with van der Waals surface area (Å²) >= 11 is 5.74. The summed E-state index contributed by atoms with van der Waals surface area (Å²) in [7, 11) is 3.34. The van der Waals surface area contributed by atoms with E-state index in [0.29, 0.717) is 11.3 Å². The van der Waals surface area contributed by atoms with E-state index in [4.69, 9.17) is 17.3 Å². The normalized spacial score (nSPS) is 11.8. The van der Waals surface area contributed by atoms with Crippen molar-refractivity contribution in [1.29, 1.82) is 0 Å². The molecule has 0 bridgehead atoms. The van der Waals surface area contributed by atoms with Gasteiger partial charge in [-0.1, -0.05) is 23.7 Å². The summed E-state index contributed by atoms with van der Waals surface area (Å²) in [4.78, 5) is 25.8. The van der Waals surface area contributed by atoms with Crippen LogP contribution < -0.4 is 11.1 Å². The summed E-state index contributed by atoms with van der Waals surface area (Å²) in [6.07, 6.45) is 0.0222. The fourth-order valence-corrected chi connectivity index (χ4v) is 2.69. The van der Waals surface area contributed by atoms with Gasteiger partial charge in [-0.25, -0.2) is 4.39 Å². The molecule has 0 aliphatic heterocycles. The molecule has 7 heteroatoms. The van der Waals surface area contributed by atoms with Gasteiger partial charge < -0.3 is 16.0 Å². The minimum absolute atomic E-state index is 0.00752. The van der Waals surface area contributed by atoms with Crippen LogP contribution in [0.4, 0.5) is 10.1 Å². The average Bonchev–Trinajstić information content (AvgIpc) is 2.58. The first-order valence-electron chi connectivity index (χ1n) is 8.02. The van der Waals surface area contributed by atoms with E-state index in [1.165, 1.54) is 11.0 Å². The molecule has 1 unspecified atom stereocenters. The topological polar surface area (TPSA) is 75.4 Å². The van der Waals surface area contributed by atoms with Crippen molar-refractivity contribution < 1.29 is 14.0 Å². The number of carbonyl (C=O) groups is 2. The molecular formula is C19H21ClFN3O2. The van der Waals surface area contributed by atoms with Gasteiger partial charge in [0.1, 0.15) is 5.82 Å². The fourth-order valence-electron chi connectivity index (χ4n) is 2.49. The zero-order chi connectivity index (χ0) is 19.4. The minimum atomic E-state index is -0.939. The first-order valence-corrected chi connectivity index (χ1v) is 8.40. The lowest BCUT2D eigenvalue weighted by molar-refractivity contribution is -0.117. The third-order valence-electron chi connectivity index (χ3n) is 3.94. The van der Waals surface area contributed by atoms with E-state index in [-0.39, 0.29) is 22.9 Å². The van der Waals surface area contributed by atoms with Crippen molar-refractivity contribution in [3.8, 4) is 0 Å². The second-order valence-corrected chi connectivity index (χ2v) is 6.65. The van der Waals surface area contributed by atoms with Crippen LogP contribution >= 0.6 is 11.6 Å². The predicted molar refractivity (Wildman–Crippen MR) is 101 cm³/mol. The number of hydrogen-bond acceptors (Lipinski definition) is 3. The number of halogens is 2. The van der Waals surface area contributed by atoms with Crippen LogP contribution in [0.15, 0.2) is 36.4 Å². The first kappa shape index (κ1) is 19.9. The van der Waals surface area contributed by atoms with Gasteiger partial charge in [0.2, 0.25) is 5.91 Å². The van der Waals surface area contributed by atoms with Gasteiger partial charge in [0.05, 0.1) is 11.1 Å². The van der Waals surface area contributed by atoms with Gasteiger partial charge in [-0.05, 0) is 48.7 Å². The maximum absolute atomic E-state index is 13.9. The second-order valence-electron chi connectivity index (χ2n) is 6.24. The highest BCUT2D eigenvalue weighted by atomic mass is 35.5. The number of benzene rings is 2. The van der Waals surface area contributed by atoms with E-state index < -0.39 is 17.8 Å². The highest BCUT2D eigenvalue weighted by Crippen LogP contribution is 2.20. The average molecular weight is 378 g/mol. The van der Waals surface area contributed by atoms with Crippen molar-refractivity contribution in [2.45, 2.75) is 19.4 Å². The summed E-state index contributed by atoms with van der Waals surface area (Å²) in [6.45, 7) is 1.79. The van der Waals surface area contributed by atoms with Crippen molar-refractivity contribution in [3.05, 3.63) is 63.9 Å². The molecule has 0 saturated carbocycles. The maximum Gasteiger partial charge on any atom is 0.253 e. The molecule has 0 heterocycles. The van der Waals surface area contributed by atoms with E-state index >= 15 is 0 Å². The van der Waals surface area contributed by atoms with Gasteiger partial charge in [-0.3, -0.25) is 9.59 Å². The Labute approximate surface area is 156 Å². The minimum Gasteiger partial charge on any atom is -0.345 e. The molecular weight excluding hydrogens is 357 g/mol. The van der Waals surface area contributed by atoms with Crippen molar-refractivity contribution in [3.63, 3.8) is 0 Å². The molecule has 2 aromatic rings. The quantitative estimate of drug-likeness (QED) is 0.841. The Bertz CT molecular complexity index is 840. The van der Waals surface area contributed by atoms with E-state index in [9.17, 15) is 14.0 Å². The SMILES string of the molecule is Cc1cc(NC(=O)C(N)Cc2cccc(Cl)c2F)ccc1C(=O)N(C)C. The van der Waals surface area contributed by atoms with Crippen LogP contribution in [0.1, 0.15) is 21.5 Å². The van der Waals surface area contributed by atoms with Gasteiger partial charge >= 0.3 is 0 Å². The van der Waals surface area contributed by atoms with Crippen LogP contribution in [0.3, 0.4) is 0 Å². The molecule has 26 heavy (non-hydrogen) atoms.